The molecule has 1 aromatic heterocycles. The van der Waals surface area contributed by atoms with Crippen molar-refractivity contribution in [3.8, 4) is 0 Å². The summed E-state index contributed by atoms with van der Waals surface area (Å²) in [5.41, 5.74) is 0. The van der Waals surface area contributed by atoms with Gasteiger partial charge in [-0.15, -0.1) is 0 Å². The number of halogens is 3. The monoisotopic (exact) mass is 234 g/mol. The van der Waals surface area contributed by atoms with Crippen LogP contribution in [0.4, 0.5) is 0 Å². The molecule has 0 saturated carbocycles. The summed E-state index contributed by atoms with van der Waals surface area (Å²) in [6.45, 7) is 0. The van der Waals surface area contributed by atoms with Crippen molar-refractivity contribution in [3.63, 3.8) is 0 Å². The van der Waals surface area contributed by atoms with Gasteiger partial charge in [0.1, 0.15) is 0 Å². The van der Waals surface area contributed by atoms with Crippen LogP contribution < -0.4 is 0 Å². The third kappa shape index (κ3) is 1.43. The Morgan fingerprint density at radius 3 is 2.00 bits per heavy atom. The molecule has 0 unspecified atom stereocenters. The maximum absolute atomic E-state index is 5.60. The van der Waals surface area contributed by atoms with E-state index in [0.29, 0.717) is 8.92 Å². The number of rotatable bonds is 0. The quantitative estimate of drug-likeness (QED) is 0.606. The van der Waals surface area contributed by atoms with Crippen LogP contribution in [0.2, 0.25) is 12.8 Å². The molecule has 0 aliphatic carbocycles. The van der Waals surface area contributed by atoms with Crippen molar-refractivity contribution >= 4 is 49.3 Å². The van der Waals surface area contributed by atoms with E-state index in [9.17, 15) is 0 Å². The van der Waals surface area contributed by atoms with E-state index in [-0.39, 0.29) is 14.5 Å². The van der Waals surface area contributed by atoms with Gasteiger partial charge in [-0.2, -0.15) is 0 Å². The van der Waals surface area contributed by atoms with Crippen molar-refractivity contribution in [2.24, 2.45) is 0 Å². The second-order valence-electron chi connectivity index (χ2n) is 1.17. The molecule has 0 bridgehead atoms. The van der Waals surface area contributed by atoms with Gasteiger partial charge in [0.2, 0.25) is 0 Å². The molecule has 0 nitrogen and oxygen atoms in total. The summed E-state index contributed by atoms with van der Waals surface area (Å²) in [6.07, 6.45) is 0. The van der Waals surface area contributed by atoms with Gasteiger partial charge >= 0.3 is 68.2 Å². The predicted molar refractivity (Wildman–Crippen MR) is 38.4 cm³/mol. The molecule has 1 heterocycles. The standard InChI is InChI=1S/C4HCl3Se/c5-2-1-3(6)8-4(2)7/h1H. The van der Waals surface area contributed by atoms with Crippen molar-refractivity contribution in [3.05, 3.63) is 18.9 Å². The Kier molecular flexibility index (Phi) is 2.30. The first-order valence-corrected chi connectivity index (χ1v) is 4.65. The molecule has 1 rings (SSSR count). The van der Waals surface area contributed by atoms with E-state index in [1.54, 1.807) is 6.07 Å². The van der Waals surface area contributed by atoms with Crippen LogP contribution >= 0.6 is 34.8 Å². The van der Waals surface area contributed by atoms with E-state index in [1.807, 2.05) is 0 Å². The molecule has 44 valence electrons. The molecule has 0 aliphatic heterocycles. The van der Waals surface area contributed by atoms with E-state index in [2.05, 4.69) is 0 Å². The van der Waals surface area contributed by atoms with Crippen LogP contribution in [0.5, 0.6) is 0 Å². The molecular weight excluding hydrogens is 233 g/mol. The zero-order valence-corrected chi connectivity index (χ0v) is 7.60. The number of hydrogen-bond donors (Lipinski definition) is 0. The molecule has 0 N–H and O–H groups in total. The molecule has 0 aromatic carbocycles. The van der Waals surface area contributed by atoms with Crippen molar-refractivity contribution in [2.45, 2.75) is 0 Å². The zero-order chi connectivity index (χ0) is 6.15. The fraction of sp³-hybridized carbons (Fsp3) is 0. The molecule has 1 aromatic rings. The molecule has 0 atom stereocenters. The Bertz CT molecular complexity index is 174. The van der Waals surface area contributed by atoms with Crippen LogP contribution in [0.1, 0.15) is 0 Å². The van der Waals surface area contributed by atoms with Gasteiger partial charge in [0.15, 0.2) is 0 Å². The Morgan fingerprint density at radius 2 is 1.88 bits per heavy atom. The molecule has 0 aliphatic rings. The average Bonchev–Trinajstić information content (AvgIpc) is 1.85. The summed E-state index contributed by atoms with van der Waals surface area (Å²) in [4.78, 5) is 0. The third-order valence-corrected chi connectivity index (χ3v) is 3.87. The van der Waals surface area contributed by atoms with Crippen molar-refractivity contribution in [1.29, 1.82) is 0 Å². The van der Waals surface area contributed by atoms with Gasteiger partial charge in [-0.05, 0) is 0 Å². The molecular formula is C4HCl3Se. The van der Waals surface area contributed by atoms with Crippen molar-refractivity contribution in [1.82, 2.24) is 0 Å². The zero-order valence-electron chi connectivity index (χ0n) is 3.62. The van der Waals surface area contributed by atoms with Gasteiger partial charge in [-0.1, -0.05) is 0 Å². The third-order valence-electron chi connectivity index (χ3n) is 0.615. The molecule has 4 heteroatoms. The second-order valence-corrected chi connectivity index (χ2v) is 5.59. The minimum absolute atomic E-state index is 0.0974. The van der Waals surface area contributed by atoms with Crippen LogP contribution in [0.3, 0.4) is 0 Å². The van der Waals surface area contributed by atoms with Gasteiger partial charge in [0.25, 0.3) is 0 Å². The Hall–Kier alpha value is 0.869. The van der Waals surface area contributed by atoms with Crippen LogP contribution in [-0.4, -0.2) is 14.5 Å². The first kappa shape index (κ1) is 6.98. The Balaban J connectivity index is 3.14. The molecule has 0 spiro atoms. The first-order chi connectivity index (χ1) is 3.70. The van der Waals surface area contributed by atoms with Crippen LogP contribution in [0.25, 0.3) is 0 Å². The number of hydrogen-bond acceptors (Lipinski definition) is 0. The maximum atomic E-state index is 5.60. The normalized spacial score (nSPS) is 9.88. The molecule has 0 amide bonds. The summed E-state index contributed by atoms with van der Waals surface area (Å²) < 4.78 is 1.47. The van der Waals surface area contributed by atoms with Gasteiger partial charge in [-0.25, -0.2) is 0 Å². The van der Waals surface area contributed by atoms with Gasteiger partial charge in [0.05, 0.1) is 0 Å². The fourth-order valence-corrected chi connectivity index (χ4v) is 3.09. The average molecular weight is 234 g/mol. The van der Waals surface area contributed by atoms with Crippen LogP contribution in [0.15, 0.2) is 6.07 Å². The summed E-state index contributed by atoms with van der Waals surface area (Å²) in [5.74, 6) is 0. The first-order valence-electron chi connectivity index (χ1n) is 1.80. The summed E-state index contributed by atoms with van der Waals surface area (Å²) in [5, 5.41) is 0.594. The predicted octanol–water partition coefficient (Wildman–Crippen LogP) is 2.70. The minimum atomic E-state index is 0.0974. The van der Waals surface area contributed by atoms with E-state index in [0.717, 1.165) is 3.90 Å². The topological polar surface area (TPSA) is 0 Å². The van der Waals surface area contributed by atoms with Crippen LogP contribution in [0, 0.1) is 0 Å². The molecule has 0 radical (unpaired) electrons. The summed E-state index contributed by atoms with van der Waals surface area (Å²) >= 11 is 16.8. The molecule has 8 heavy (non-hydrogen) atoms. The van der Waals surface area contributed by atoms with E-state index in [1.165, 1.54) is 0 Å². The SMILES string of the molecule is Clc1cc(Cl)c(Cl)[se]1. The van der Waals surface area contributed by atoms with Gasteiger partial charge < -0.3 is 0 Å². The molecule has 0 saturated heterocycles. The van der Waals surface area contributed by atoms with E-state index < -0.39 is 0 Å². The van der Waals surface area contributed by atoms with Crippen LogP contribution in [-0.2, 0) is 0 Å². The van der Waals surface area contributed by atoms with E-state index >= 15 is 0 Å². The summed E-state index contributed by atoms with van der Waals surface area (Å²) in [6, 6.07) is 1.69. The summed E-state index contributed by atoms with van der Waals surface area (Å²) in [7, 11) is 0. The van der Waals surface area contributed by atoms with Crippen molar-refractivity contribution < 1.29 is 0 Å². The van der Waals surface area contributed by atoms with E-state index in [4.69, 9.17) is 34.8 Å². The fourth-order valence-electron chi connectivity index (χ4n) is 0.320. The van der Waals surface area contributed by atoms with Gasteiger partial charge in [-0.3, -0.25) is 0 Å². The van der Waals surface area contributed by atoms with Gasteiger partial charge in [0, 0.05) is 0 Å². The van der Waals surface area contributed by atoms with Crippen molar-refractivity contribution in [2.75, 3.05) is 0 Å². The molecule has 0 fully saturated rings. The Morgan fingerprint density at radius 1 is 1.25 bits per heavy atom. The second kappa shape index (κ2) is 2.64. The Labute approximate surface area is 68.1 Å².